The van der Waals surface area contributed by atoms with E-state index in [4.69, 9.17) is 4.74 Å². The van der Waals surface area contributed by atoms with E-state index < -0.39 is 0 Å². The third-order valence-corrected chi connectivity index (χ3v) is 3.10. The molecule has 100 valence electrons. The first-order valence-corrected chi connectivity index (χ1v) is 7.03. The van der Waals surface area contributed by atoms with E-state index in [1.807, 2.05) is 30.5 Å². The summed E-state index contributed by atoms with van der Waals surface area (Å²) < 4.78 is 8.53. The zero-order chi connectivity index (χ0) is 13.5. The van der Waals surface area contributed by atoms with Crippen molar-refractivity contribution >= 4 is 27.9 Å². The first-order valence-electron chi connectivity index (χ1n) is 6.24. The fraction of sp³-hybridized carbons (Fsp3) is 0.286. The summed E-state index contributed by atoms with van der Waals surface area (Å²) >= 11 is 3.43. The van der Waals surface area contributed by atoms with E-state index >= 15 is 0 Å². The van der Waals surface area contributed by atoms with Gasteiger partial charge in [-0.25, -0.2) is 9.67 Å². The topological polar surface area (TPSA) is 39.9 Å². The number of halogens is 1. The Kier molecular flexibility index (Phi) is 5.15. The highest BCUT2D eigenvalue weighted by Gasteiger charge is 2.04. The molecule has 0 saturated heterocycles. The van der Waals surface area contributed by atoms with Crippen LogP contribution in [0.4, 0.5) is 0 Å². The van der Waals surface area contributed by atoms with Crippen LogP contribution in [0.3, 0.4) is 0 Å². The van der Waals surface area contributed by atoms with E-state index in [0.29, 0.717) is 6.61 Å². The quantitative estimate of drug-likeness (QED) is 0.600. The van der Waals surface area contributed by atoms with Crippen molar-refractivity contribution in [2.45, 2.75) is 19.8 Å². The van der Waals surface area contributed by atoms with Crippen LogP contribution >= 0.6 is 15.9 Å². The van der Waals surface area contributed by atoms with E-state index in [1.54, 1.807) is 11.0 Å². The van der Waals surface area contributed by atoms with Crippen LogP contribution < -0.4 is 0 Å². The number of ether oxygens (including phenoxy) is 1. The highest BCUT2D eigenvalue weighted by atomic mass is 79.9. The number of nitrogens with zero attached hydrogens (tertiary/aromatic N) is 3. The van der Waals surface area contributed by atoms with E-state index in [9.17, 15) is 0 Å². The van der Waals surface area contributed by atoms with Crippen molar-refractivity contribution in [2.75, 3.05) is 6.61 Å². The van der Waals surface area contributed by atoms with Crippen LogP contribution in [0.15, 0.2) is 41.4 Å². The molecule has 0 spiro atoms. The molecule has 0 saturated carbocycles. The van der Waals surface area contributed by atoms with Crippen LogP contribution in [0.2, 0.25) is 0 Å². The SMILES string of the molecule is CCCCOC(=Cn1cncn1)c1ccc(Br)cc1. The number of hydrogen-bond acceptors (Lipinski definition) is 3. The molecule has 0 aliphatic carbocycles. The van der Waals surface area contributed by atoms with E-state index in [1.165, 1.54) is 6.33 Å². The predicted octanol–water partition coefficient (Wildman–Crippen LogP) is 3.81. The molecule has 4 nitrogen and oxygen atoms in total. The number of unbranched alkanes of at least 4 members (excludes halogenated alkanes) is 1. The summed E-state index contributed by atoms with van der Waals surface area (Å²) in [4.78, 5) is 3.92. The zero-order valence-corrected chi connectivity index (χ0v) is 12.4. The first kappa shape index (κ1) is 13.8. The van der Waals surface area contributed by atoms with Crippen LogP contribution in [-0.2, 0) is 4.74 Å². The number of benzene rings is 1. The third-order valence-electron chi connectivity index (χ3n) is 2.57. The lowest BCUT2D eigenvalue weighted by Gasteiger charge is -2.10. The van der Waals surface area contributed by atoms with Gasteiger partial charge in [-0.05, 0) is 18.6 Å². The minimum absolute atomic E-state index is 0.701. The number of hydrogen-bond donors (Lipinski definition) is 0. The maximum Gasteiger partial charge on any atom is 0.144 e. The summed E-state index contributed by atoms with van der Waals surface area (Å²) in [7, 11) is 0. The number of rotatable bonds is 6. The molecule has 2 rings (SSSR count). The molecule has 1 aromatic carbocycles. The van der Waals surface area contributed by atoms with Gasteiger partial charge < -0.3 is 4.74 Å². The van der Waals surface area contributed by atoms with Crippen molar-refractivity contribution in [1.29, 1.82) is 0 Å². The largest absolute Gasteiger partial charge is 0.491 e. The van der Waals surface area contributed by atoms with Crippen molar-refractivity contribution in [3.63, 3.8) is 0 Å². The van der Waals surface area contributed by atoms with Gasteiger partial charge in [-0.15, -0.1) is 0 Å². The molecule has 0 N–H and O–H groups in total. The Balaban J connectivity index is 2.20. The molecule has 2 aromatic rings. The molecule has 0 bridgehead atoms. The van der Waals surface area contributed by atoms with Crippen molar-refractivity contribution in [1.82, 2.24) is 14.8 Å². The molecule has 1 heterocycles. The Hall–Kier alpha value is -1.62. The highest BCUT2D eigenvalue weighted by molar-refractivity contribution is 9.10. The van der Waals surface area contributed by atoms with Gasteiger partial charge in [0.05, 0.1) is 12.8 Å². The van der Waals surface area contributed by atoms with Crippen LogP contribution in [0.5, 0.6) is 0 Å². The maximum absolute atomic E-state index is 5.84. The maximum atomic E-state index is 5.84. The normalized spacial score (nSPS) is 11.6. The zero-order valence-electron chi connectivity index (χ0n) is 10.8. The smallest absolute Gasteiger partial charge is 0.144 e. The van der Waals surface area contributed by atoms with E-state index in [0.717, 1.165) is 28.6 Å². The van der Waals surface area contributed by atoms with Crippen LogP contribution in [0.25, 0.3) is 12.0 Å². The predicted molar refractivity (Wildman–Crippen MR) is 79.2 cm³/mol. The standard InChI is InChI=1S/C14H16BrN3O/c1-2-3-8-19-14(9-18-11-16-10-17-18)12-4-6-13(15)7-5-12/h4-7,9-11H,2-3,8H2,1H3. The number of aromatic nitrogens is 3. The van der Waals surface area contributed by atoms with Crippen molar-refractivity contribution in [3.05, 3.63) is 47.0 Å². The van der Waals surface area contributed by atoms with Crippen LogP contribution in [0.1, 0.15) is 25.3 Å². The molecule has 1 aromatic heterocycles. The van der Waals surface area contributed by atoms with Gasteiger partial charge in [0.25, 0.3) is 0 Å². The van der Waals surface area contributed by atoms with Gasteiger partial charge >= 0.3 is 0 Å². The minimum Gasteiger partial charge on any atom is -0.491 e. The average molecular weight is 322 g/mol. The second-order valence-electron chi connectivity index (χ2n) is 4.08. The lowest BCUT2D eigenvalue weighted by molar-refractivity contribution is 0.271. The van der Waals surface area contributed by atoms with Crippen molar-refractivity contribution in [3.8, 4) is 0 Å². The van der Waals surface area contributed by atoms with Gasteiger partial charge in [-0.1, -0.05) is 41.4 Å². The Labute approximate surface area is 121 Å². The molecule has 0 aliphatic rings. The lowest BCUT2D eigenvalue weighted by Crippen LogP contribution is -1.98. The summed E-state index contributed by atoms with van der Waals surface area (Å²) in [5.41, 5.74) is 1.02. The van der Waals surface area contributed by atoms with Crippen LogP contribution in [0, 0.1) is 0 Å². The average Bonchev–Trinajstić information content (AvgIpc) is 2.92. The Bertz CT molecular complexity index is 520. The summed E-state index contributed by atoms with van der Waals surface area (Å²) in [5.74, 6) is 0.798. The molecule has 0 amide bonds. The van der Waals surface area contributed by atoms with Gasteiger partial charge in [0, 0.05) is 10.0 Å². The molecule has 5 heteroatoms. The molecule has 0 unspecified atom stereocenters. The molecule has 19 heavy (non-hydrogen) atoms. The molecule has 0 fully saturated rings. The van der Waals surface area contributed by atoms with Gasteiger partial charge in [-0.2, -0.15) is 5.10 Å². The Morgan fingerprint density at radius 3 is 2.79 bits per heavy atom. The van der Waals surface area contributed by atoms with E-state index in [2.05, 4.69) is 32.9 Å². The fourth-order valence-corrected chi connectivity index (χ4v) is 1.80. The summed E-state index contributed by atoms with van der Waals surface area (Å²) in [6.45, 7) is 2.84. The fourth-order valence-electron chi connectivity index (χ4n) is 1.54. The summed E-state index contributed by atoms with van der Waals surface area (Å²) in [6, 6.07) is 8.01. The summed E-state index contributed by atoms with van der Waals surface area (Å²) in [6.07, 6.45) is 7.12. The van der Waals surface area contributed by atoms with Crippen molar-refractivity contribution in [2.24, 2.45) is 0 Å². The van der Waals surface area contributed by atoms with Gasteiger partial charge in [0.15, 0.2) is 0 Å². The Morgan fingerprint density at radius 1 is 1.37 bits per heavy atom. The molecule has 0 aliphatic heterocycles. The van der Waals surface area contributed by atoms with Gasteiger partial charge in [0.2, 0.25) is 0 Å². The molecule has 0 atom stereocenters. The highest BCUT2D eigenvalue weighted by Crippen LogP contribution is 2.20. The Morgan fingerprint density at radius 2 is 2.16 bits per heavy atom. The molecular formula is C14H16BrN3O. The second-order valence-corrected chi connectivity index (χ2v) is 4.99. The third kappa shape index (κ3) is 4.21. The molecular weight excluding hydrogens is 306 g/mol. The monoisotopic (exact) mass is 321 g/mol. The van der Waals surface area contributed by atoms with Gasteiger partial charge in [0.1, 0.15) is 18.4 Å². The van der Waals surface area contributed by atoms with Crippen LogP contribution in [-0.4, -0.2) is 21.4 Å². The minimum atomic E-state index is 0.701. The van der Waals surface area contributed by atoms with Gasteiger partial charge in [-0.3, -0.25) is 0 Å². The van der Waals surface area contributed by atoms with E-state index in [-0.39, 0.29) is 0 Å². The second kappa shape index (κ2) is 7.09. The molecule has 0 radical (unpaired) electrons. The summed E-state index contributed by atoms with van der Waals surface area (Å²) in [5, 5.41) is 4.07. The first-order chi connectivity index (χ1) is 9.29. The van der Waals surface area contributed by atoms with Crippen molar-refractivity contribution < 1.29 is 4.74 Å². The lowest BCUT2D eigenvalue weighted by atomic mass is 10.2.